The summed E-state index contributed by atoms with van der Waals surface area (Å²) in [4.78, 5) is 0. The Bertz CT molecular complexity index is 296. The summed E-state index contributed by atoms with van der Waals surface area (Å²) in [6.07, 6.45) is 0.971. The number of rotatable bonds is 6. The maximum Gasteiger partial charge on any atom is 0.264 e. The number of unbranched alkanes of at least 4 members (excludes halogenated alkanes) is 2. The van der Waals surface area contributed by atoms with E-state index in [9.17, 15) is 16.8 Å². The molecule has 0 heterocycles. The molecule has 0 unspecified atom stereocenters. The smallest absolute Gasteiger partial charge is 0.264 e. The van der Waals surface area contributed by atoms with Gasteiger partial charge in [-0.25, -0.2) is 13.6 Å². The van der Waals surface area contributed by atoms with E-state index in [0.29, 0.717) is 12.8 Å². The Labute approximate surface area is 77.9 Å². The zero-order valence-corrected chi connectivity index (χ0v) is 8.64. The molecule has 0 aliphatic rings. The molecule has 0 bridgehead atoms. The lowest BCUT2D eigenvalue weighted by molar-refractivity contribution is 0.480. The minimum atomic E-state index is -3.92. The summed E-state index contributed by atoms with van der Waals surface area (Å²) in [5.74, 6) is -0.490. The normalized spacial score (nSPS) is 13.1. The van der Waals surface area contributed by atoms with Gasteiger partial charge in [0.05, 0.1) is 11.5 Å². The highest BCUT2D eigenvalue weighted by Crippen LogP contribution is 1.99. The summed E-state index contributed by atoms with van der Waals surface area (Å²) in [5, 5.41) is 4.71. The zero-order chi connectivity index (χ0) is 10.5. The summed E-state index contributed by atoms with van der Waals surface area (Å²) >= 11 is 0. The minimum Gasteiger partial charge on any atom is -0.286 e. The molecule has 0 aliphatic carbocycles. The highest BCUT2D eigenvalue weighted by Gasteiger charge is 2.05. The van der Waals surface area contributed by atoms with E-state index in [-0.39, 0.29) is 17.9 Å². The van der Waals surface area contributed by atoms with Gasteiger partial charge in [-0.1, -0.05) is 6.42 Å². The van der Waals surface area contributed by atoms with Crippen molar-refractivity contribution < 1.29 is 21.4 Å². The van der Waals surface area contributed by atoms with Crippen molar-refractivity contribution in [2.45, 2.75) is 19.3 Å². The Morgan fingerprint density at radius 2 is 1.38 bits per heavy atom. The summed E-state index contributed by atoms with van der Waals surface area (Å²) in [7, 11) is -7.37. The first kappa shape index (κ1) is 12.8. The van der Waals surface area contributed by atoms with Gasteiger partial charge in [-0.2, -0.15) is 8.42 Å². The van der Waals surface area contributed by atoms with Gasteiger partial charge in [0, 0.05) is 0 Å². The average molecular weight is 231 g/mol. The van der Waals surface area contributed by atoms with Crippen LogP contribution in [0.3, 0.4) is 0 Å². The summed E-state index contributed by atoms with van der Waals surface area (Å²) < 4.78 is 49.5. The van der Waals surface area contributed by atoms with Crippen molar-refractivity contribution in [1.29, 1.82) is 0 Å². The van der Waals surface area contributed by atoms with Crippen LogP contribution in [-0.4, -0.2) is 32.9 Å². The second-order valence-electron chi connectivity index (χ2n) is 2.71. The van der Waals surface area contributed by atoms with Crippen molar-refractivity contribution in [3.63, 3.8) is 0 Å². The molecule has 80 valence electrons. The summed E-state index contributed by atoms with van der Waals surface area (Å²) in [6.45, 7) is 0. The molecule has 0 saturated heterocycles. The molecule has 0 aromatic heterocycles. The van der Waals surface area contributed by atoms with E-state index in [2.05, 4.69) is 0 Å². The third-order valence-corrected chi connectivity index (χ3v) is 2.99. The molecule has 3 N–H and O–H groups in total. The Morgan fingerprint density at radius 3 is 1.77 bits per heavy atom. The van der Waals surface area contributed by atoms with E-state index in [4.69, 9.17) is 9.69 Å². The molecule has 0 aliphatic heterocycles. The lowest BCUT2D eigenvalue weighted by Crippen LogP contribution is -2.16. The van der Waals surface area contributed by atoms with E-state index < -0.39 is 20.1 Å². The molecule has 0 aromatic rings. The third-order valence-electron chi connectivity index (χ3n) is 1.33. The molecule has 8 heteroatoms. The quantitative estimate of drug-likeness (QED) is 0.465. The lowest BCUT2D eigenvalue weighted by Gasteiger charge is -1.98. The molecule has 13 heavy (non-hydrogen) atoms. The van der Waals surface area contributed by atoms with Crippen LogP contribution >= 0.6 is 0 Å². The van der Waals surface area contributed by atoms with Gasteiger partial charge >= 0.3 is 0 Å². The van der Waals surface area contributed by atoms with Crippen molar-refractivity contribution in [3.05, 3.63) is 0 Å². The monoisotopic (exact) mass is 231 g/mol. The Morgan fingerprint density at radius 1 is 0.923 bits per heavy atom. The molecule has 0 saturated carbocycles. The van der Waals surface area contributed by atoms with Crippen molar-refractivity contribution in [1.82, 2.24) is 0 Å². The number of sulfonamides is 1. The van der Waals surface area contributed by atoms with Crippen LogP contribution in [0, 0.1) is 0 Å². The first-order valence-electron chi connectivity index (χ1n) is 3.66. The van der Waals surface area contributed by atoms with Gasteiger partial charge in [0.1, 0.15) is 0 Å². The fourth-order valence-corrected chi connectivity index (χ4v) is 1.94. The number of hydrogen-bond acceptors (Lipinski definition) is 4. The molecule has 0 spiro atoms. The first-order chi connectivity index (χ1) is 5.71. The average Bonchev–Trinajstić information content (AvgIpc) is 1.81. The van der Waals surface area contributed by atoms with Gasteiger partial charge in [-0.3, -0.25) is 4.55 Å². The van der Waals surface area contributed by atoms with Crippen LogP contribution in [-0.2, 0) is 20.1 Å². The highest BCUT2D eigenvalue weighted by atomic mass is 32.2. The van der Waals surface area contributed by atoms with Crippen molar-refractivity contribution in [2.24, 2.45) is 5.14 Å². The Hall–Kier alpha value is -0.180. The largest absolute Gasteiger partial charge is 0.286 e. The third kappa shape index (κ3) is 11.8. The van der Waals surface area contributed by atoms with Gasteiger partial charge < -0.3 is 0 Å². The van der Waals surface area contributed by atoms with Crippen LogP contribution in [0.15, 0.2) is 0 Å². The molecule has 0 atom stereocenters. The van der Waals surface area contributed by atoms with Crippen LogP contribution in [0.2, 0.25) is 0 Å². The Balaban J connectivity index is 3.50. The van der Waals surface area contributed by atoms with E-state index in [1.807, 2.05) is 0 Å². The lowest BCUT2D eigenvalue weighted by atomic mass is 10.3. The minimum absolute atomic E-state index is 0.154. The van der Waals surface area contributed by atoms with Crippen LogP contribution in [0.4, 0.5) is 0 Å². The van der Waals surface area contributed by atoms with Crippen molar-refractivity contribution >= 4 is 20.1 Å². The maximum atomic E-state index is 10.4. The van der Waals surface area contributed by atoms with E-state index >= 15 is 0 Å². The summed E-state index contributed by atoms with van der Waals surface area (Å²) in [6, 6.07) is 0. The summed E-state index contributed by atoms with van der Waals surface area (Å²) in [5.41, 5.74) is 0. The second-order valence-corrected chi connectivity index (χ2v) is 6.02. The number of nitrogens with two attached hydrogens (primary N) is 1. The molecule has 6 nitrogen and oxygen atoms in total. The molecule has 0 amide bonds. The van der Waals surface area contributed by atoms with E-state index in [1.165, 1.54) is 0 Å². The molecular formula is C5H13NO5S2. The molecule has 0 fully saturated rings. The van der Waals surface area contributed by atoms with Crippen LogP contribution < -0.4 is 5.14 Å². The predicted molar refractivity (Wildman–Crippen MR) is 48.2 cm³/mol. The second kappa shape index (κ2) is 4.89. The fraction of sp³-hybridized carbons (Fsp3) is 1.00. The highest BCUT2D eigenvalue weighted by molar-refractivity contribution is 7.89. The molecular weight excluding hydrogens is 218 g/mol. The standard InChI is InChI=1S/C5H13NO5S2/c6-12(7,8)4-2-1-3-5-13(9,10)11/h1-5H2,(H2,6,7,8)(H,9,10,11). The number of hydrogen-bond donors (Lipinski definition) is 2. The van der Waals surface area contributed by atoms with E-state index in [1.54, 1.807) is 0 Å². The number of primary sulfonamides is 1. The molecule has 0 rings (SSSR count). The molecule has 0 aromatic carbocycles. The van der Waals surface area contributed by atoms with Gasteiger partial charge in [-0.15, -0.1) is 0 Å². The van der Waals surface area contributed by atoms with Gasteiger partial charge in [0.2, 0.25) is 10.0 Å². The van der Waals surface area contributed by atoms with Crippen LogP contribution in [0.1, 0.15) is 19.3 Å². The topological polar surface area (TPSA) is 115 Å². The van der Waals surface area contributed by atoms with Crippen LogP contribution in [0.25, 0.3) is 0 Å². The van der Waals surface area contributed by atoms with Crippen molar-refractivity contribution in [3.8, 4) is 0 Å². The Kier molecular flexibility index (Phi) is 4.82. The van der Waals surface area contributed by atoms with Gasteiger partial charge in [0.25, 0.3) is 10.1 Å². The molecule has 0 radical (unpaired) electrons. The van der Waals surface area contributed by atoms with Gasteiger partial charge in [0.15, 0.2) is 0 Å². The first-order valence-corrected chi connectivity index (χ1v) is 6.99. The van der Waals surface area contributed by atoms with Crippen molar-refractivity contribution in [2.75, 3.05) is 11.5 Å². The predicted octanol–water partition coefficient (Wildman–Crippen LogP) is -0.667. The van der Waals surface area contributed by atoms with Crippen LogP contribution in [0.5, 0.6) is 0 Å². The maximum absolute atomic E-state index is 10.4. The SMILES string of the molecule is NS(=O)(=O)CCCCCS(=O)(=O)O. The van der Waals surface area contributed by atoms with E-state index in [0.717, 1.165) is 0 Å². The van der Waals surface area contributed by atoms with Gasteiger partial charge in [-0.05, 0) is 12.8 Å². The zero-order valence-electron chi connectivity index (χ0n) is 7.01. The fourth-order valence-electron chi connectivity index (χ4n) is 0.764.